The van der Waals surface area contributed by atoms with Crippen molar-refractivity contribution in [3.05, 3.63) is 40.6 Å². The van der Waals surface area contributed by atoms with Crippen molar-refractivity contribution in [2.24, 2.45) is 0 Å². The summed E-state index contributed by atoms with van der Waals surface area (Å²) in [6.07, 6.45) is 0.600. The number of rotatable bonds is 5. The minimum Gasteiger partial charge on any atom is -0.496 e. The third-order valence-corrected chi connectivity index (χ3v) is 2.82. The molecule has 0 atom stereocenters. The van der Waals surface area contributed by atoms with Crippen LogP contribution < -0.4 is 10.1 Å². The molecule has 92 valence electrons. The summed E-state index contributed by atoms with van der Waals surface area (Å²) in [4.78, 5) is 10.9. The molecule has 3 nitrogen and oxygen atoms in total. The summed E-state index contributed by atoms with van der Waals surface area (Å²) in [5, 5.41) is 2.42. The Bertz CT molecular complexity index is 435. The summed E-state index contributed by atoms with van der Waals surface area (Å²) in [5.41, 5.74) is 0.995. The molecule has 0 spiro atoms. The molecule has 0 bridgehead atoms. The van der Waals surface area contributed by atoms with E-state index in [1.54, 1.807) is 7.11 Å². The third-order valence-electron chi connectivity index (χ3n) is 2.16. The van der Waals surface area contributed by atoms with Gasteiger partial charge in [-0.25, -0.2) is 4.39 Å². The second kappa shape index (κ2) is 6.39. The van der Waals surface area contributed by atoms with E-state index in [0.29, 0.717) is 13.0 Å². The fourth-order valence-corrected chi connectivity index (χ4v) is 1.68. The van der Waals surface area contributed by atoms with Crippen molar-refractivity contribution in [2.75, 3.05) is 13.7 Å². The lowest BCUT2D eigenvalue weighted by Gasteiger charge is -2.07. The second-order valence-electron chi connectivity index (χ2n) is 3.38. The molecule has 1 amide bonds. The van der Waals surface area contributed by atoms with E-state index in [4.69, 9.17) is 4.74 Å². The molecule has 0 saturated carbocycles. The summed E-state index contributed by atoms with van der Waals surface area (Å²) in [7, 11) is 1.58. The molecule has 0 unspecified atom stereocenters. The maximum absolute atomic E-state index is 12.4. The van der Waals surface area contributed by atoms with Crippen LogP contribution >= 0.6 is 15.9 Å². The molecule has 0 heterocycles. The molecule has 1 aromatic carbocycles. The lowest BCUT2D eigenvalue weighted by Crippen LogP contribution is -2.25. The maximum atomic E-state index is 12.4. The van der Waals surface area contributed by atoms with E-state index in [0.717, 1.165) is 15.8 Å². The van der Waals surface area contributed by atoms with Crippen molar-refractivity contribution >= 4 is 21.8 Å². The number of ether oxygens (including phenoxy) is 1. The Morgan fingerprint density at radius 2 is 2.29 bits per heavy atom. The number of hydrogen-bond acceptors (Lipinski definition) is 2. The SMILES string of the molecule is C=C(F)C(=O)NCCc1ccc(Br)c(OC)c1. The van der Waals surface area contributed by atoms with Gasteiger partial charge >= 0.3 is 0 Å². The number of methoxy groups -OCH3 is 1. The first-order valence-corrected chi connectivity index (χ1v) is 5.79. The Morgan fingerprint density at radius 3 is 2.88 bits per heavy atom. The number of halogens is 2. The summed E-state index contributed by atoms with van der Waals surface area (Å²) >= 11 is 3.35. The largest absolute Gasteiger partial charge is 0.496 e. The van der Waals surface area contributed by atoms with Gasteiger partial charge in [-0.05, 0) is 40.0 Å². The predicted octanol–water partition coefficient (Wildman–Crippen LogP) is 2.60. The van der Waals surface area contributed by atoms with Gasteiger partial charge in [0.25, 0.3) is 5.91 Å². The van der Waals surface area contributed by atoms with Crippen molar-refractivity contribution in [2.45, 2.75) is 6.42 Å². The van der Waals surface area contributed by atoms with Crippen LogP contribution in [0.2, 0.25) is 0 Å². The normalized spacial score (nSPS) is 9.82. The third kappa shape index (κ3) is 4.19. The van der Waals surface area contributed by atoms with Crippen LogP contribution in [-0.4, -0.2) is 19.6 Å². The summed E-state index contributed by atoms with van der Waals surface area (Å²) in [5.74, 6) is -1.02. The van der Waals surface area contributed by atoms with Crippen molar-refractivity contribution in [1.82, 2.24) is 5.32 Å². The summed E-state index contributed by atoms with van der Waals surface area (Å²) < 4.78 is 18.4. The summed E-state index contributed by atoms with van der Waals surface area (Å²) in [6.45, 7) is 3.27. The van der Waals surface area contributed by atoms with Gasteiger partial charge in [-0.2, -0.15) is 0 Å². The molecule has 17 heavy (non-hydrogen) atoms. The second-order valence-corrected chi connectivity index (χ2v) is 4.23. The van der Waals surface area contributed by atoms with Gasteiger partial charge in [0.1, 0.15) is 5.75 Å². The standard InChI is InChI=1S/C12H13BrFNO2/c1-8(14)12(16)15-6-5-9-3-4-10(13)11(7-9)17-2/h3-4,7H,1,5-6H2,2H3,(H,15,16). The fraction of sp³-hybridized carbons (Fsp3) is 0.250. The highest BCUT2D eigenvalue weighted by Crippen LogP contribution is 2.25. The van der Waals surface area contributed by atoms with E-state index in [9.17, 15) is 9.18 Å². The smallest absolute Gasteiger partial charge is 0.279 e. The molecule has 0 radical (unpaired) electrons. The first-order chi connectivity index (χ1) is 8.04. The minimum atomic E-state index is -0.974. The van der Waals surface area contributed by atoms with E-state index in [-0.39, 0.29) is 0 Å². The van der Waals surface area contributed by atoms with Crippen molar-refractivity contribution < 1.29 is 13.9 Å². The molecule has 5 heteroatoms. The fourth-order valence-electron chi connectivity index (χ4n) is 1.28. The van der Waals surface area contributed by atoms with Crippen LogP contribution in [0.4, 0.5) is 4.39 Å². The molecule has 0 saturated heterocycles. The highest BCUT2D eigenvalue weighted by atomic mass is 79.9. The van der Waals surface area contributed by atoms with E-state index in [1.807, 2.05) is 18.2 Å². The Morgan fingerprint density at radius 1 is 1.59 bits per heavy atom. The maximum Gasteiger partial charge on any atom is 0.279 e. The van der Waals surface area contributed by atoms with E-state index in [1.165, 1.54) is 0 Å². The predicted molar refractivity (Wildman–Crippen MR) is 67.7 cm³/mol. The van der Waals surface area contributed by atoms with Gasteiger partial charge in [-0.3, -0.25) is 4.79 Å². The summed E-state index contributed by atoms with van der Waals surface area (Å²) in [6, 6.07) is 5.63. The van der Waals surface area contributed by atoms with Gasteiger partial charge in [0.05, 0.1) is 11.6 Å². The first kappa shape index (κ1) is 13.7. The molecule has 0 fully saturated rings. The van der Waals surface area contributed by atoms with Crippen LogP contribution in [0.3, 0.4) is 0 Å². The van der Waals surface area contributed by atoms with Crippen molar-refractivity contribution in [3.63, 3.8) is 0 Å². The van der Waals surface area contributed by atoms with Crippen molar-refractivity contribution in [3.8, 4) is 5.75 Å². The zero-order chi connectivity index (χ0) is 12.8. The van der Waals surface area contributed by atoms with Gasteiger partial charge in [0.2, 0.25) is 0 Å². The molecule has 0 aliphatic carbocycles. The van der Waals surface area contributed by atoms with Gasteiger partial charge < -0.3 is 10.1 Å². The number of hydrogen-bond donors (Lipinski definition) is 1. The van der Waals surface area contributed by atoms with Crippen LogP contribution in [0.25, 0.3) is 0 Å². The van der Waals surface area contributed by atoms with Crippen LogP contribution in [0.5, 0.6) is 5.75 Å². The van der Waals surface area contributed by atoms with Crippen LogP contribution in [0, 0.1) is 0 Å². The molecule has 1 aromatic rings. The Hall–Kier alpha value is -1.36. The van der Waals surface area contributed by atoms with E-state index < -0.39 is 11.7 Å². The van der Waals surface area contributed by atoms with Crippen LogP contribution in [0.15, 0.2) is 35.1 Å². The van der Waals surface area contributed by atoms with Crippen LogP contribution in [-0.2, 0) is 11.2 Å². The molecule has 1 N–H and O–H groups in total. The molecule has 0 aromatic heterocycles. The zero-order valence-corrected chi connectivity index (χ0v) is 11.0. The van der Waals surface area contributed by atoms with E-state index in [2.05, 4.69) is 27.8 Å². The average Bonchev–Trinajstić information content (AvgIpc) is 2.31. The molecule has 0 aliphatic rings. The number of benzene rings is 1. The van der Waals surface area contributed by atoms with Gasteiger partial charge in [0, 0.05) is 6.54 Å². The Labute approximate surface area is 108 Å². The number of nitrogens with one attached hydrogen (secondary N) is 1. The molecular formula is C12H13BrFNO2. The highest BCUT2D eigenvalue weighted by Gasteiger charge is 2.05. The number of carbonyl (C=O) groups excluding carboxylic acids is 1. The first-order valence-electron chi connectivity index (χ1n) is 4.99. The Kier molecular flexibility index (Phi) is 5.15. The number of carbonyl (C=O) groups is 1. The minimum absolute atomic E-state index is 0.354. The monoisotopic (exact) mass is 301 g/mol. The van der Waals surface area contributed by atoms with Crippen molar-refractivity contribution in [1.29, 1.82) is 0 Å². The van der Waals surface area contributed by atoms with E-state index >= 15 is 0 Å². The molecule has 0 aliphatic heterocycles. The lowest BCUT2D eigenvalue weighted by atomic mass is 10.1. The highest BCUT2D eigenvalue weighted by molar-refractivity contribution is 9.10. The lowest BCUT2D eigenvalue weighted by molar-refractivity contribution is -0.118. The number of amides is 1. The topological polar surface area (TPSA) is 38.3 Å². The van der Waals surface area contributed by atoms with Crippen LogP contribution in [0.1, 0.15) is 5.56 Å². The molecular weight excluding hydrogens is 289 g/mol. The Balaban J connectivity index is 2.52. The van der Waals surface area contributed by atoms with Gasteiger partial charge in [-0.1, -0.05) is 12.6 Å². The zero-order valence-electron chi connectivity index (χ0n) is 9.43. The quantitative estimate of drug-likeness (QED) is 0.849. The van der Waals surface area contributed by atoms with Gasteiger partial charge in [0.15, 0.2) is 5.83 Å². The van der Waals surface area contributed by atoms with Gasteiger partial charge in [-0.15, -0.1) is 0 Å². The average molecular weight is 302 g/mol. The molecule has 1 rings (SSSR count).